The van der Waals surface area contributed by atoms with Crippen molar-refractivity contribution in [1.29, 1.82) is 0 Å². The van der Waals surface area contributed by atoms with Crippen molar-refractivity contribution in [2.45, 2.75) is 19.8 Å². The van der Waals surface area contributed by atoms with Gasteiger partial charge in [-0.25, -0.2) is 0 Å². The van der Waals surface area contributed by atoms with E-state index in [0.717, 1.165) is 31.0 Å². The van der Waals surface area contributed by atoms with Crippen LogP contribution in [0.5, 0.6) is 5.88 Å². The first-order valence-electron chi connectivity index (χ1n) is 4.83. The maximum Gasteiger partial charge on any atom is 0.200 e. The lowest BCUT2D eigenvalue weighted by Crippen LogP contribution is -2.00. The molecule has 0 aliphatic carbocycles. The predicted molar refractivity (Wildman–Crippen MR) is 53.4 cm³/mol. The standard InChI is InChI=1S/C10H13N3O/c1-2-3-7-14-10-6-4-5-9-12-11-8-13(9)10/h4-6,8H,2-3,7H2,1H3. The Kier molecular flexibility index (Phi) is 2.62. The molecule has 0 saturated heterocycles. The van der Waals surface area contributed by atoms with Gasteiger partial charge in [-0.15, -0.1) is 10.2 Å². The summed E-state index contributed by atoms with van der Waals surface area (Å²) < 4.78 is 7.44. The van der Waals surface area contributed by atoms with Crippen LogP contribution in [0, 0.1) is 0 Å². The van der Waals surface area contributed by atoms with Gasteiger partial charge in [0.15, 0.2) is 5.65 Å². The maximum atomic E-state index is 5.60. The van der Waals surface area contributed by atoms with E-state index in [-0.39, 0.29) is 0 Å². The van der Waals surface area contributed by atoms with Crippen molar-refractivity contribution in [2.24, 2.45) is 0 Å². The number of hydrogen-bond donors (Lipinski definition) is 0. The fourth-order valence-electron chi connectivity index (χ4n) is 1.26. The molecule has 2 rings (SSSR count). The second-order valence-electron chi connectivity index (χ2n) is 3.13. The van der Waals surface area contributed by atoms with Crippen LogP contribution >= 0.6 is 0 Å². The van der Waals surface area contributed by atoms with Crippen molar-refractivity contribution in [2.75, 3.05) is 6.61 Å². The van der Waals surface area contributed by atoms with Gasteiger partial charge in [0.1, 0.15) is 6.33 Å². The number of rotatable bonds is 4. The first-order chi connectivity index (χ1) is 6.92. The second-order valence-corrected chi connectivity index (χ2v) is 3.13. The number of fused-ring (bicyclic) bond motifs is 1. The van der Waals surface area contributed by atoms with Gasteiger partial charge in [-0.3, -0.25) is 4.40 Å². The van der Waals surface area contributed by atoms with Crippen molar-refractivity contribution >= 4 is 5.65 Å². The molecule has 0 bridgehead atoms. The molecule has 2 aromatic rings. The number of pyridine rings is 1. The van der Waals surface area contributed by atoms with E-state index in [1.165, 1.54) is 0 Å². The minimum atomic E-state index is 0.744. The average molecular weight is 191 g/mol. The molecule has 2 heterocycles. The van der Waals surface area contributed by atoms with Crippen molar-refractivity contribution in [3.63, 3.8) is 0 Å². The zero-order valence-corrected chi connectivity index (χ0v) is 8.18. The molecule has 0 radical (unpaired) electrons. The van der Waals surface area contributed by atoms with Crippen LogP contribution in [0.15, 0.2) is 24.5 Å². The summed E-state index contributed by atoms with van der Waals surface area (Å²) in [6.45, 7) is 2.89. The van der Waals surface area contributed by atoms with Gasteiger partial charge in [-0.05, 0) is 18.6 Å². The minimum Gasteiger partial charge on any atom is -0.479 e. The van der Waals surface area contributed by atoms with Gasteiger partial charge >= 0.3 is 0 Å². The quantitative estimate of drug-likeness (QED) is 0.693. The van der Waals surface area contributed by atoms with E-state index in [0.29, 0.717) is 0 Å². The summed E-state index contributed by atoms with van der Waals surface area (Å²) in [7, 11) is 0. The predicted octanol–water partition coefficient (Wildman–Crippen LogP) is 1.91. The molecule has 2 aromatic heterocycles. The zero-order chi connectivity index (χ0) is 9.80. The summed E-state index contributed by atoms with van der Waals surface area (Å²) in [5.41, 5.74) is 0.819. The van der Waals surface area contributed by atoms with Gasteiger partial charge in [0, 0.05) is 0 Å². The monoisotopic (exact) mass is 191 g/mol. The SMILES string of the molecule is CCCCOc1cccc2nncn12. The third-order valence-corrected chi connectivity index (χ3v) is 2.04. The molecule has 0 unspecified atom stereocenters. The number of unbranched alkanes of at least 4 members (excludes halogenated alkanes) is 1. The van der Waals surface area contributed by atoms with Crippen molar-refractivity contribution in [3.05, 3.63) is 24.5 Å². The van der Waals surface area contributed by atoms with Crippen LogP contribution in [0.2, 0.25) is 0 Å². The molecule has 4 nitrogen and oxygen atoms in total. The van der Waals surface area contributed by atoms with Crippen LogP contribution in [0.3, 0.4) is 0 Å². The summed E-state index contributed by atoms with van der Waals surface area (Å²) in [6.07, 6.45) is 3.87. The highest BCUT2D eigenvalue weighted by Gasteiger charge is 2.00. The highest BCUT2D eigenvalue weighted by Crippen LogP contribution is 2.12. The van der Waals surface area contributed by atoms with Crippen molar-refractivity contribution < 1.29 is 4.74 Å². The van der Waals surface area contributed by atoms with Crippen LogP contribution in [-0.4, -0.2) is 21.2 Å². The Morgan fingerprint density at radius 2 is 2.36 bits per heavy atom. The zero-order valence-electron chi connectivity index (χ0n) is 8.18. The van der Waals surface area contributed by atoms with E-state index >= 15 is 0 Å². The lowest BCUT2D eigenvalue weighted by atomic mass is 10.4. The van der Waals surface area contributed by atoms with E-state index in [1.807, 2.05) is 22.6 Å². The number of aromatic nitrogens is 3. The van der Waals surface area contributed by atoms with Gasteiger partial charge < -0.3 is 4.74 Å². The van der Waals surface area contributed by atoms with E-state index in [9.17, 15) is 0 Å². The molecule has 0 aromatic carbocycles. The van der Waals surface area contributed by atoms with E-state index in [4.69, 9.17) is 4.74 Å². The molecule has 0 spiro atoms. The largest absolute Gasteiger partial charge is 0.479 e. The van der Waals surface area contributed by atoms with E-state index < -0.39 is 0 Å². The Hall–Kier alpha value is -1.58. The summed E-state index contributed by atoms with van der Waals surface area (Å²) in [4.78, 5) is 0. The third-order valence-electron chi connectivity index (χ3n) is 2.04. The van der Waals surface area contributed by atoms with Crippen LogP contribution in [0.1, 0.15) is 19.8 Å². The molecule has 14 heavy (non-hydrogen) atoms. The smallest absolute Gasteiger partial charge is 0.200 e. The van der Waals surface area contributed by atoms with E-state index in [2.05, 4.69) is 17.1 Å². The highest BCUT2D eigenvalue weighted by atomic mass is 16.5. The summed E-state index contributed by atoms with van der Waals surface area (Å²) >= 11 is 0. The Labute approximate surface area is 82.5 Å². The molecule has 0 atom stereocenters. The molecular weight excluding hydrogens is 178 g/mol. The molecule has 0 N–H and O–H groups in total. The summed E-state index contributed by atoms with van der Waals surface area (Å²) in [5, 5.41) is 7.76. The molecular formula is C10H13N3O. The van der Waals surface area contributed by atoms with Crippen molar-refractivity contribution in [3.8, 4) is 5.88 Å². The van der Waals surface area contributed by atoms with Gasteiger partial charge in [-0.1, -0.05) is 19.4 Å². The maximum absolute atomic E-state index is 5.60. The molecule has 0 aliphatic heterocycles. The van der Waals surface area contributed by atoms with Crippen LogP contribution < -0.4 is 4.74 Å². The molecule has 0 saturated carbocycles. The Morgan fingerprint density at radius 1 is 1.43 bits per heavy atom. The molecule has 74 valence electrons. The van der Waals surface area contributed by atoms with Gasteiger partial charge in [-0.2, -0.15) is 0 Å². The molecule has 0 amide bonds. The van der Waals surface area contributed by atoms with Crippen LogP contribution in [-0.2, 0) is 0 Å². The normalized spacial score (nSPS) is 10.6. The Morgan fingerprint density at radius 3 is 3.21 bits per heavy atom. The fourth-order valence-corrected chi connectivity index (χ4v) is 1.26. The number of hydrogen-bond acceptors (Lipinski definition) is 3. The number of nitrogens with zero attached hydrogens (tertiary/aromatic N) is 3. The summed E-state index contributed by atoms with van der Waals surface area (Å²) in [5.74, 6) is 0.806. The Balaban J connectivity index is 2.19. The topological polar surface area (TPSA) is 39.4 Å². The molecule has 0 aliphatic rings. The average Bonchev–Trinajstić information content (AvgIpc) is 2.67. The number of ether oxygens (including phenoxy) is 1. The molecule has 4 heteroatoms. The van der Waals surface area contributed by atoms with Gasteiger partial charge in [0.2, 0.25) is 5.88 Å². The van der Waals surface area contributed by atoms with E-state index in [1.54, 1.807) is 6.33 Å². The van der Waals surface area contributed by atoms with Crippen LogP contribution in [0.25, 0.3) is 5.65 Å². The van der Waals surface area contributed by atoms with Gasteiger partial charge in [0.05, 0.1) is 6.61 Å². The van der Waals surface area contributed by atoms with Crippen molar-refractivity contribution in [1.82, 2.24) is 14.6 Å². The fraction of sp³-hybridized carbons (Fsp3) is 0.400. The minimum absolute atomic E-state index is 0.744. The molecule has 0 fully saturated rings. The summed E-state index contributed by atoms with van der Waals surface area (Å²) in [6, 6.07) is 5.75. The van der Waals surface area contributed by atoms with Gasteiger partial charge in [0.25, 0.3) is 0 Å². The Bertz CT molecular complexity index is 410. The first kappa shape index (κ1) is 8.99. The lowest BCUT2D eigenvalue weighted by molar-refractivity contribution is 0.294. The second kappa shape index (κ2) is 4.09. The lowest BCUT2D eigenvalue weighted by Gasteiger charge is -2.06. The first-order valence-corrected chi connectivity index (χ1v) is 4.83. The highest BCUT2D eigenvalue weighted by molar-refractivity contribution is 5.39. The van der Waals surface area contributed by atoms with Crippen LogP contribution in [0.4, 0.5) is 0 Å². The third kappa shape index (κ3) is 1.69.